The number of ether oxygens (including phenoxy) is 1. The Hall–Kier alpha value is -2.94. The highest BCUT2D eigenvalue weighted by Crippen LogP contribution is 2.33. The molecule has 3 aromatic carbocycles. The molecule has 0 heterocycles. The number of carbonyl (C=O) groups is 1. The summed E-state index contributed by atoms with van der Waals surface area (Å²) in [5.41, 5.74) is 2.28. The number of hydrogen-bond donors (Lipinski definition) is 1. The maximum atomic E-state index is 12.3. The number of nitrogens with zero attached hydrogens (tertiary/aromatic N) is 1. The summed E-state index contributed by atoms with van der Waals surface area (Å²) in [6.45, 7) is 0. The number of nitriles is 1. The molecule has 3 aromatic rings. The summed E-state index contributed by atoms with van der Waals surface area (Å²) in [5, 5.41) is 12.2. The van der Waals surface area contributed by atoms with E-state index in [1.807, 2.05) is 36.4 Å². The van der Waals surface area contributed by atoms with Gasteiger partial charge in [-0.2, -0.15) is 5.26 Å². The third-order valence-corrected chi connectivity index (χ3v) is 5.12. The second-order valence-electron chi connectivity index (χ2n) is 5.88. The molecule has 0 saturated carbocycles. The Morgan fingerprint density at radius 3 is 2.39 bits per heavy atom. The lowest BCUT2D eigenvalue weighted by Gasteiger charge is -2.13. The lowest BCUT2D eigenvalue weighted by atomic mass is 10.2. The Bertz CT molecular complexity index is 1000. The van der Waals surface area contributed by atoms with Crippen LogP contribution in [0.15, 0.2) is 72.8 Å². The lowest BCUT2D eigenvalue weighted by molar-refractivity contribution is -0.113. The van der Waals surface area contributed by atoms with E-state index in [0.717, 1.165) is 5.56 Å². The van der Waals surface area contributed by atoms with E-state index in [2.05, 4.69) is 11.4 Å². The summed E-state index contributed by atoms with van der Waals surface area (Å²) in [6, 6.07) is 23.9. The second-order valence-corrected chi connectivity index (χ2v) is 7.27. The molecule has 0 fully saturated rings. The molecule has 140 valence electrons. The number of carbonyl (C=O) groups excluding carboxylic acids is 1. The predicted molar refractivity (Wildman–Crippen MR) is 114 cm³/mol. The smallest absolute Gasteiger partial charge is 0.234 e. The molecule has 1 amide bonds. The van der Waals surface area contributed by atoms with Gasteiger partial charge in [0.25, 0.3) is 0 Å². The SMILES string of the molecule is N#Cc1ccc(CSCC(=O)Nc2ccccc2Oc2ccccc2Cl)cc1. The normalized spacial score (nSPS) is 10.1. The predicted octanol–water partition coefficient (Wildman–Crippen LogP) is 5.88. The molecule has 0 aromatic heterocycles. The van der Waals surface area contributed by atoms with E-state index in [9.17, 15) is 4.79 Å². The van der Waals surface area contributed by atoms with Crippen LogP contribution in [0.25, 0.3) is 0 Å². The Kier molecular flexibility index (Phi) is 6.96. The first-order valence-electron chi connectivity index (χ1n) is 8.54. The zero-order valence-electron chi connectivity index (χ0n) is 14.9. The van der Waals surface area contributed by atoms with Gasteiger partial charge in [-0.25, -0.2) is 0 Å². The van der Waals surface area contributed by atoms with Crippen LogP contribution in [-0.2, 0) is 10.5 Å². The van der Waals surface area contributed by atoms with Crippen molar-refractivity contribution < 1.29 is 9.53 Å². The summed E-state index contributed by atoms with van der Waals surface area (Å²) in [4.78, 5) is 12.3. The van der Waals surface area contributed by atoms with Gasteiger partial charge in [0.15, 0.2) is 5.75 Å². The zero-order chi connectivity index (χ0) is 19.8. The van der Waals surface area contributed by atoms with Crippen LogP contribution in [0.5, 0.6) is 11.5 Å². The summed E-state index contributed by atoms with van der Waals surface area (Å²) in [5.74, 6) is 1.94. The van der Waals surface area contributed by atoms with E-state index < -0.39 is 0 Å². The minimum absolute atomic E-state index is 0.117. The second kappa shape index (κ2) is 9.84. The number of para-hydroxylation sites is 3. The first-order valence-corrected chi connectivity index (χ1v) is 10.1. The van der Waals surface area contributed by atoms with E-state index in [1.54, 1.807) is 36.4 Å². The third kappa shape index (κ3) is 5.53. The first-order chi connectivity index (χ1) is 13.7. The molecule has 0 radical (unpaired) electrons. The maximum absolute atomic E-state index is 12.3. The van der Waals surface area contributed by atoms with Gasteiger partial charge < -0.3 is 10.1 Å². The van der Waals surface area contributed by atoms with Crippen LogP contribution in [-0.4, -0.2) is 11.7 Å². The molecule has 0 atom stereocenters. The third-order valence-electron chi connectivity index (χ3n) is 3.80. The number of nitrogens with one attached hydrogen (secondary N) is 1. The molecule has 4 nitrogen and oxygen atoms in total. The average molecular weight is 409 g/mol. The van der Waals surface area contributed by atoms with Crippen LogP contribution in [0.1, 0.15) is 11.1 Å². The highest BCUT2D eigenvalue weighted by molar-refractivity contribution is 7.99. The van der Waals surface area contributed by atoms with Gasteiger partial charge in [-0.15, -0.1) is 11.8 Å². The monoisotopic (exact) mass is 408 g/mol. The quantitative estimate of drug-likeness (QED) is 0.530. The van der Waals surface area contributed by atoms with Crippen LogP contribution in [0, 0.1) is 11.3 Å². The average Bonchev–Trinajstić information content (AvgIpc) is 2.71. The van der Waals surface area contributed by atoms with Gasteiger partial charge in [-0.05, 0) is 42.0 Å². The molecule has 0 spiro atoms. The van der Waals surface area contributed by atoms with Gasteiger partial charge in [0.05, 0.1) is 28.1 Å². The topological polar surface area (TPSA) is 62.1 Å². The standard InChI is InChI=1S/C22H17ClN2O2S/c23-18-5-1-3-7-20(18)27-21-8-4-2-6-19(21)25-22(26)15-28-14-17-11-9-16(13-24)10-12-17/h1-12H,14-15H2,(H,25,26). The van der Waals surface area contributed by atoms with E-state index in [-0.39, 0.29) is 5.91 Å². The van der Waals surface area contributed by atoms with Crippen molar-refractivity contribution in [3.8, 4) is 17.6 Å². The Morgan fingerprint density at radius 1 is 1.00 bits per heavy atom. The van der Waals surface area contributed by atoms with Gasteiger partial charge in [-0.3, -0.25) is 4.79 Å². The molecule has 0 aliphatic heterocycles. The highest BCUT2D eigenvalue weighted by Gasteiger charge is 2.10. The fourth-order valence-electron chi connectivity index (χ4n) is 2.43. The molecule has 1 N–H and O–H groups in total. The van der Waals surface area contributed by atoms with Crippen molar-refractivity contribution in [1.29, 1.82) is 5.26 Å². The molecule has 0 bridgehead atoms. The largest absolute Gasteiger partial charge is 0.454 e. The summed E-state index contributed by atoms with van der Waals surface area (Å²) >= 11 is 7.65. The van der Waals surface area contributed by atoms with Crippen LogP contribution in [0.2, 0.25) is 5.02 Å². The van der Waals surface area contributed by atoms with Crippen LogP contribution >= 0.6 is 23.4 Å². The fourth-order valence-corrected chi connectivity index (χ4v) is 3.39. The Balaban J connectivity index is 1.56. The summed E-state index contributed by atoms with van der Waals surface area (Å²) in [6.07, 6.45) is 0. The molecule has 0 saturated heterocycles. The van der Waals surface area contributed by atoms with E-state index in [4.69, 9.17) is 21.6 Å². The maximum Gasteiger partial charge on any atom is 0.234 e. The number of anilines is 1. The number of amides is 1. The van der Waals surface area contributed by atoms with Crippen LogP contribution < -0.4 is 10.1 Å². The van der Waals surface area contributed by atoms with E-state index in [1.165, 1.54) is 11.8 Å². The number of benzene rings is 3. The molecular formula is C22H17ClN2O2S. The van der Waals surface area contributed by atoms with Crippen molar-refractivity contribution in [3.63, 3.8) is 0 Å². The summed E-state index contributed by atoms with van der Waals surface area (Å²) < 4.78 is 5.86. The fraction of sp³-hybridized carbons (Fsp3) is 0.0909. The molecule has 6 heteroatoms. The van der Waals surface area contributed by atoms with E-state index >= 15 is 0 Å². The Morgan fingerprint density at radius 2 is 1.68 bits per heavy atom. The first kappa shape index (κ1) is 19.8. The zero-order valence-corrected chi connectivity index (χ0v) is 16.5. The van der Waals surface area contributed by atoms with Gasteiger partial charge in [-0.1, -0.05) is 48.0 Å². The van der Waals surface area contributed by atoms with Crippen molar-refractivity contribution in [3.05, 3.63) is 88.9 Å². The van der Waals surface area contributed by atoms with Gasteiger partial charge in [0.1, 0.15) is 5.75 Å². The van der Waals surface area contributed by atoms with Crippen molar-refractivity contribution in [2.24, 2.45) is 0 Å². The highest BCUT2D eigenvalue weighted by atomic mass is 35.5. The number of halogens is 1. The van der Waals surface area contributed by atoms with Gasteiger partial charge in [0, 0.05) is 5.75 Å². The number of rotatable bonds is 7. The summed E-state index contributed by atoms with van der Waals surface area (Å²) in [7, 11) is 0. The van der Waals surface area contributed by atoms with Crippen molar-refractivity contribution in [1.82, 2.24) is 0 Å². The molecule has 0 unspecified atom stereocenters. The Labute approximate surface area is 173 Å². The molecule has 0 aliphatic rings. The minimum atomic E-state index is -0.117. The van der Waals surface area contributed by atoms with Crippen molar-refractivity contribution >= 4 is 35.0 Å². The molecular weight excluding hydrogens is 392 g/mol. The molecule has 0 aliphatic carbocycles. The molecule has 28 heavy (non-hydrogen) atoms. The number of thioether (sulfide) groups is 1. The van der Waals surface area contributed by atoms with Gasteiger partial charge in [0.2, 0.25) is 5.91 Å². The lowest BCUT2D eigenvalue weighted by Crippen LogP contribution is -2.14. The van der Waals surface area contributed by atoms with Gasteiger partial charge >= 0.3 is 0 Å². The van der Waals surface area contributed by atoms with Crippen molar-refractivity contribution in [2.75, 3.05) is 11.1 Å². The van der Waals surface area contributed by atoms with Crippen LogP contribution in [0.3, 0.4) is 0 Å². The molecule has 3 rings (SSSR count). The van der Waals surface area contributed by atoms with Crippen molar-refractivity contribution in [2.45, 2.75) is 5.75 Å². The minimum Gasteiger partial charge on any atom is -0.454 e. The van der Waals surface area contributed by atoms with E-state index in [0.29, 0.717) is 39.3 Å². The number of hydrogen-bond acceptors (Lipinski definition) is 4. The van der Waals surface area contributed by atoms with Crippen LogP contribution in [0.4, 0.5) is 5.69 Å².